The molecule has 1 aliphatic carbocycles. The fourth-order valence-electron chi connectivity index (χ4n) is 5.02. The van der Waals surface area contributed by atoms with Gasteiger partial charge in [-0.15, -0.1) is 11.3 Å². The number of hydrogen-bond donors (Lipinski definition) is 1. The average Bonchev–Trinajstić information content (AvgIpc) is 3.14. The predicted molar refractivity (Wildman–Crippen MR) is 111 cm³/mol. The monoisotopic (exact) mass is 379 g/mol. The summed E-state index contributed by atoms with van der Waals surface area (Å²) in [6.07, 6.45) is 8.03. The number of benzene rings is 1. The summed E-state index contributed by atoms with van der Waals surface area (Å²) in [6.45, 7) is 1.90. The second kappa shape index (κ2) is 7.21. The first-order valence-corrected chi connectivity index (χ1v) is 11.0. The zero-order valence-corrected chi connectivity index (χ0v) is 16.3. The molecule has 5 rings (SSSR count). The summed E-state index contributed by atoms with van der Waals surface area (Å²) >= 11 is 1.57. The van der Waals surface area contributed by atoms with Gasteiger partial charge in [-0.3, -0.25) is 9.69 Å². The van der Waals surface area contributed by atoms with E-state index in [2.05, 4.69) is 15.3 Å². The molecule has 2 fully saturated rings. The third kappa shape index (κ3) is 3.23. The number of nitrogens with zero attached hydrogens (tertiary/aromatic N) is 2. The number of thiophene rings is 1. The molecule has 5 heteroatoms. The molecule has 1 N–H and O–H groups in total. The summed E-state index contributed by atoms with van der Waals surface area (Å²) in [4.78, 5) is 24.2. The summed E-state index contributed by atoms with van der Waals surface area (Å²) in [5, 5.41) is 2.79. The maximum atomic E-state index is 12.9. The molecule has 1 saturated heterocycles. The minimum atomic E-state index is -0.00712. The number of aromatic nitrogens is 2. The molecular formula is C22H25N3OS. The van der Waals surface area contributed by atoms with E-state index in [0.717, 1.165) is 46.2 Å². The molecule has 2 aliphatic rings. The molecule has 0 spiro atoms. The topological polar surface area (TPSA) is 49.0 Å². The van der Waals surface area contributed by atoms with E-state index < -0.39 is 0 Å². The summed E-state index contributed by atoms with van der Waals surface area (Å²) in [5.41, 5.74) is 2.05. The Bertz CT molecular complexity index is 992. The number of nitrogens with one attached hydrogen (secondary N) is 1. The SMILES string of the molecule is O=c1[nH]c(CN2CCC[C@H]3CCCC[C@@H]32)nc2scc(-c3ccccc3)c12. The number of H-pyrrole nitrogens is 1. The molecule has 0 radical (unpaired) electrons. The zero-order valence-electron chi connectivity index (χ0n) is 15.5. The first-order valence-electron chi connectivity index (χ1n) is 10.1. The van der Waals surface area contributed by atoms with Gasteiger partial charge in [-0.1, -0.05) is 43.2 Å². The predicted octanol–water partition coefficient (Wildman–Crippen LogP) is 4.81. The highest BCUT2D eigenvalue weighted by molar-refractivity contribution is 7.17. The number of piperidine rings is 1. The first-order chi connectivity index (χ1) is 13.3. The van der Waals surface area contributed by atoms with E-state index in [0.29, 0.717) is 6.04 Å². The van der Waals surface area contributed by atoms with Crippen LogP contribution in [0.15, 0.2) is 40.5 Å². The third-order valence-electron chi connectivity index (χ3n) is 6.29. The lowest BCUT2D eigenvalue weighted by molar-refractivity contribution is 0.0527. The van der Waals surface area contributed by atoms with Crippen molar-refractivity contribution < 1.29 is 0 Å². The van der Waals surface area contributed by atoms with Crippen LogP contribution in [0.1, 0.15) is 44.3 Å². The van der Waals surface area contributed by atoms with E-state index in [1.807, 2.05) is 30.3 Å². The van der Waals surface area contributed by atoms with Crippen LogP contribution in [0, 0.1) is 5.92 Å². The Morgan fingerprint density at radius 3 is 2.81 bits per heavy atom. The normalized spacial score (nSPS) is 23.4. The van der Waals surface area contributed by atoms with E-state index in [9.17, 15) is 4.79 Å². The minimum absolute atomic E-state index is 0.00712. The van der Waals surface area contributed by atoms with Crippen molar-refractivity contribution in [2.45, 2.75) is 51.1 Å². The van der Waals surface area contributed by atoms with Crippen molar-refractivity contribution in [3.8, 4) is 11.1 Å². The molecule has 1 saturated carbocycles. The molecule has 27 heavy (non-hydrogen) atoms. The van der Waals surface area contributed by atoms with Crippen LogP contribution in [-0.2, 0) is 6.54 Å². The second-order valence-electron chi connectivity index (χ2n) is 7.93. The molecular weight excluding hydrogens is 354 g/mol. The maximum Gasteiger partial charge on any atom is 0.260 e. The second-order valence-corrected chi connectivity index (χ2v) is 8.79. The fraction of sp³-hybridized carbons (Fsp3) is 0.455. The van der Waals surface area contributed by atoms with Gasteiger partial charge >= 0.3 is 0 Å². The highest BCUT2D eigenvalue weighted by atomic mass is 32.1. The van der Waals surface area contributed by atoms with Crippen LogP contribution in [0.25, 0.3) is 21.3 Å². The molecule has 0 bridgehead atoms. The van der Waals surface area contributed by atoms with E-state index in [1.54, 1.807) is 11.3 Å². The van der Waals surface area contributed by atoms with Crippen LogP contribution in [0.5, 0.6) is 0 Å². The van der Waals surface area contributed by atoms with Crippen LogP contribution >= 0.6 is 11.3 Å². The van der Waals surface area contributed by atoms with Crippen LogP contribution in [0.3, 0.4) is 0 Å². The molecule has 0 amide bonds. The van der Waals surface area contributed by atoms with Crippen molar-refractivity contribution >= 4 is 21.6 Å². The molecule has 2 atom stereocenters. The molecule has 3 heterocycles. The molecule has 1 aliphatic heterocycles. The van der Waals surface area contributed by atoms with Gasteiger partial charge in [0.15, 0.2) is 0 Å². The van der Waals surface area contributed by atoms with Gasteiger partial charge in [-0.25, -0.2) is 4.98 Å². The number of likely N-dealkylation sites (tertiary alicyclic amines) is 1. The molecule has 4 nitrogen and oxygen atoms in total. The zero-order chi connectivity index (χ0) is 18.2. The largest absolute Gasteiger partial charge is 0.309 e. The Balaban J connectivity index is 1.46. The molecule has 2 aromatic heterocycles. The van der Waals surface area contributed by atoms with Crippen LogP contribution < -0.4 is 5.56 Å². The number of fused-ring (bicyclic) bond motifs is 2. The third-order valence-corrected chi connectivity index (χ3v) is 7.16. The molecule has 3 aromatic rings. The maximum absolute atomic E-state index is 12.9. The average molecular weight is 380 g/mol. The van der Waals surface area contributed by atoms with E-state index in [1.165, 1.54) is 38.5 Å². The molecule has 0 unspecified atom stereocenters. The quantitative estimate of drug-likeness (QED) is 0.711. The highest BCUT2D eigenvalue weighted by Crippen LogP contribution is 2.36. The summed E-state index contributed by atoms with van der Waals surface area (Å²) < 4.78 is 0. The fourth-order valence-corrected chi connectivity index (χ4v) is 5.98. The van der Waals surface area contributed by atoms with Gasteiger partial charge in [0.2, 0.25) is 0 Å². The van der Waals surface area contributed by atoms with Gasteiger partial charge in [-0.2, -0.15) is 0 Å². The Kier molecular flexibility index (Phi) is 4.58. The van der Waals surface area contributed by atoms with Gasteiger partial charge in [0.25, 0.3) is 5.56 Å². The van der Waals surface area contributed by atoms with E-state index in [-0.39, 0.29) is 5.56 Å². The lowest BCUT2D eigenvalue weighted by Crippen LogP contribution is -2.46. The lowest BCUT2D eigenvalue weighted by Gasteiger charge is -2.43. The van der Waals surface area contributed by atoms with Crippen molar-refractivity contribution in [2.24, 2.45) is 5.92 Å². The van der Waals surface area contributed by atoms with Crippen molar-refractivity contribution in [2.75, 3.05) is 6.54 Å². The van der Waals surface area contributed by atoms with Crippen molar-refractivity contribution in [3.63, 3.8) is 0 Å². The standard InChI is InChI=1S/C22H25N3OS/c26-21-20-17(15-7-2-1-3-8-15)14-27-22(20)24-19(23-21)13-25-12-6-10-16-9-4-5-11-18(16)25/h1-3,7-8,14,16,18H,4-6,9-13H2,(H,23,24,26)/t16-,18+/m1/s1. The summed E-state index contributed by atoms with van der Waals surface area (Å²) in [7, 11) is 0. The Morgan fingerprint density at radius 2 is 1.93 bits per heavy atom. The number of aromatic amines is 1. The Morgan fingerprint density at radius 1 is 1.11 bits per heavy atom. The van der Waals surface area contributed by atoms with Crippen LogP contribution in [0.4, 0.5) is 0 Å². The summed E-state index contributed by atoms with van der Waals surface area (Å²) in [6, 6.07) is 10.8. The van der Waals surface area contributed by atoms with Crippen LogP contribution in [0.2, 0.25) is 0 Å². The van der Waals surface area contributed by atoms with Crippen molar-refractivity contribution in [3.05, 3.63) is 51.9 Å². The Labute approximate surface area is 163 Å². The van der Waals surface area contributed by atoms with E-state index >= 15 is 0 Å². The van der Waals surface area contributed by atoms with E-state index in [4.69, 9.17) is 4.98 Å². The van der Waals surface area contributed by atoms with Crippen molar-refractivity contribution in [1.82, 2.24) is 14.9 Å². The van der Waals surface area contributed by atoms with Crippen LogP contribution in [-0.4, -0.2) is 27.5 Å². The van der Waals surface area contributed by atoms with Gasteiger partial charge in [-0.05, 0) is 43.7 Å². The minimum Gasteiger partial charge on any atom is -0.309 e. The van der Waals surface area contributed by atoms with Crippen molar-refractivity contribution in [1.29, 1.82) is 0 Å². The number of rotatable bonds is 3. The molecule has 1 aromatic carbocycles. The van der Waals surface area contributed by atoms with Gasteiger partial charge in [0.05, 0.1) is 11.9 Å². The van der Waals surface area contributed by atoms with Gasteiger partial charge < -0.3 is 4.98 Å². The van der Waals surface area contributed by atoms with Gasteiger partial charge in [0.1, 0.15) is 10.7 Å². The lowest BCUT2D eigenvalue weighted by atomic mass is 9.78. The first kappa shape index (κ1) is 17.1. The molecule has 140 valence electrons. The summed E-state index contributed by atoms with van der Waals surface area (Å²) in [5.74, 6) is 1.66. The van der Waals surface area contributed by atoms with Gasteiger partial charge in [0, 0.05) is 17.0 Å². The Hall–Kier alpha value is -1.98. The number of hydrogen-bond acceptors (Lipinski definition) is 4. The smallest absolute Gasteiger partial charge is 0.260 e. The highest BCUT2D eigenvalue weighted by Gasteiger charge is 2.33.